The first kappa shape index (κ1) is 13.9. The molecule has 22 heavy (non-hydrogen) atoms. The summed E-state index contributed by atoms with van der Waals surface area (Å²) in [5, 5.41) is 0. The van der Waals surface area contributed by atoms with Crippen LogP contribution in [0.4, 0.5) is 0 Å². The van der Waals surface area contributed by atoms with Gasteiger partial charge in [0.1, 0.15) is 35.8 Å². The van der Waals surface area contributed by atoms with Gasteiger partial charge in [0.25, 0.3) is 0 Å². The van der Waals surface area contributed by atoms with Crippen LogP contribution in [-0.4, -0.2) is 33.1 Å². The van der Waals surface area contributed by atoms with E-state index in [0.29, 0.717) is 35.1 Å². The third-order valence-electron chi connectivity index (χ3n) is 2.99. The summed E-state index contributed by atoms with van der Waals surface area (Å²) in [4.78, 5) is 15.7. The Balaban J connectivity index is 2.05. The Morgan fingerprint density at radius 3 is 3.00 bits per heavy atom. The van der Waals surface area contributed by atoms with E-state index in [4.69, 9.17) is 15.9 Å². The molecule has 3 aromatic rings. The van der Waals surface area contributed by atoms with Gasteiger partial charge in [0, 0.05) is 6.07 Å². The number of aromatic nitrogens is 4. The largest absolute Gasteiger partial charge is 0.494 e. The number of hydrogen-bond acceptors (Lipinski definition) is 5. The van der Waals surface area contributed by atoms with E-state index >= 15 is 0 Å². The van der Waals surface area contributed by atoms with Gasteiger partial charge < -0.3 is 14.5 Å². The van der Waals surface area contributed by atoms with Crippen LogP contribution in [0.25, 0.3) is 22.6 Å². The molecule has 3 rings (SSSR count). The summed E-state index contributed by atoms with van der Waals surface area (Å²) in [5.41, 5.74) is 2.15. The Labute approximate surface area is 127 Å². The van der Waals surface area contributed by atoms with Gasteiger partial charge in [-0.05, 0) is 19.1 Å². The summed E-state index contributed by atoms with van der Waals surface area (Å²) in [6.45, 7) is 2.67. The quantitative estimate of drug-likeness (QED) is 0.732. The molecule has 0 saturated carbocycles. The normalized spacial score (nSPS) is 10.4. The van der Waals surface area contributed by atoms with Crippen LogP contribution in [0.1, 0.15) is 6.92 Å². The van der Waals surface area contributed by atoms with E-state index in [0.717, 1.165) is 5.56 Å². The van der Waals surface area contributed by atoms with E-state index in [1.807, 2.05) is 19.1 Å². The summed E-state index contributed by atoms with van der Waals surface area (Å²) >= 11 is 0. The molecule has 6 nitrogen and oxygen atoms in total. The molecule has 0 radical (unpaired) electrons. The summed E-state index contributed by atoms with van der Waals surface area (Å²) in [7, 11) is 0. The molecule has 110 valence electrons. The number of benzene rings is 1. The molecule has 0 bridgehead atoms. The van der Waals surface area contributed by atoms with Crippen LogP contribution in [0.2, 0.25) is 0 Å². The summed E-state index contributed by atoms with van der Waals surface area (Å²) in [6, 6.07) is 5.54. The highest BCUT2D eigenvalue weighted by Crippen LogP contribution is 2.32. The van der Waals surface area contributed by atoms with Gasteiger partial charge in [-0.2, -0.15) is 0 Å². The van der Waals surface area contributed by atoms with E-state index in [-0.39, 0.29) is 6.61 Å². The van der Waals surface area contributed by atoms with Crippen LogP contribution < -0.4 is 9.47 Å². The van der Waals surface area contributed by atoms with Crippen molar-refractivity contribution in [1.82, 2.24) is 19.9 Å². The maximum atomic E-state index is 5.61. The maximum absolute atomic E-state index is 5.61. The number of nitrogens with zero attached hydrogens (tertiary/aromatic N) is 3. The predicted molar refractivity (Wildman–Crippen MR) is 82.6 cm³/mol. The Bertz CT molecular complexity index is 803. The van der Waals surface area contributed by atoms with Crippen molar-refractivity contribution in [2.24, 2.45) is 0 Å². The molecule has 0 aliphatic carbocycles. The van der Waals surface area contributed by atoms with Crippen LogP contribution in [0.3, 0.4) is 0 Å². The average Bonchev–Trinajstić information content (AvgIpc) is 2.97. The Kier molecular flexibility index (Phi) is 3.88. The lowest BCUT2D eigenvalue weighted by Crippen LogP contribution is -1.98. The first-order chi connectivity index (χ1) is 10.8. The maximum Gasteiger partial charge on any atom is 0.161 e. The minimum atomic E-state index is 0.169. The fourth-order valence-corrected chi connectivity index (χ4v) is 2.08. The van der Waals surface area contributed by atoms with Gasteiger partial charge in [-0.25, -0.2) is 15.0 Å². The minimum Gasteiger partial charge on any atom is -0.494 e. The van der Waals surface area contributed by atoms with E-state index in [1.54, 1.807) is 12.3 Å². The lowest BCUT2D eigenvalue weighted by molar-refractivity contribution is 0.332. The highest BCUT2D eigenvalue weighted by Gasteiger charge is 2.13. The van der Waals surface area contributed by atoms with Crippen molar-refractivity contribution in [2.75, 3.05) is 13.2 Å². The van der Waals surface area contributed by atoms with E-state index in [1.165, 1.54) is 6.33 Å². The zero-order chi connectivity index (χ0) is 15.4. The molecule has 0 amide bonds. The lowest BCUT2D eigenvalue weighted by atomic mass is 10.2. The number of nitrogens with one attached hydrogen (secondary N) is 1. The fourth-order valence-electron chi connectivity index (χ4n) is 2.08. The van der Waals surface area contributed by atoms with Crippen molar-refractivity contribution < 1.29 is 9.47 Å². The van der Waals surface area contributed by atoms with E-state index in [2.05, 4.69) is 25.9 Å². The van der Waals surface area contributed by atoms with Crippen LogP contribution in [0.5, 0.6) is 11.5 Å². The zero-order valence-electron chi connectivity index (χ0n) is 12.0. The first-order valence-corrected chi connectivity index (χ1v) is 6.81. The number of aromatic amines is 1. The van der Waals surface area contributed by atoms with Crippen molar-refractivity contribution in [1.29, 1.82) is 0 Å². The second-order valence-corrected chi connectivity index (χ2v) is 4.43. The second kappa shape index (κ2) is 6.14. The Morgan fingerprint density at radius 2 is 2.23 bits per heavy atom. The predicted octanol–water partition coefficient (Wildman–Crippen LogP) is 2.43. The summed E-state index contributed by atoms with van der Waals surface area (Å²) in [6.07, 6.45) is 8.40. The number of fused-ring (bicyclic) bond motifs is 1. The molecule has 2 aromatic heterocycles. The summed E-state index contributed by atoms with van der Waals surface area (Å²) in [5.74, 6) is 4.43. The van der Waals surface area contributed by atoms with Crippen molar-refractivity contribution in [3.8, 4) is 35.2 Å². The van der Waals surface area contributed by atoms with Gasteiger partial charge in [-0.3, -0.25) is 0 Å². The van der Waals surface area contributed by atoms with E-state index in [9.17, 15) is 0 Å². The fraction of sp³-hybridized carbons (Fsp3) is 0.188. The first-order valence-electron chi connectivity index (χ1n) is 6.81. The molecule has 1 N–H and O–H groups in total. The zero-order valence-corrected chi connectivity index (χ0v) is 12.0. The van der Waals surface area contributed by atoms with Gasteiger partial charge in [0.2, 0.25) is 0 Å². The second-order valence-electron chi connectivity index (χ2n) is 4.43. The summed E-state index contributed by atoms with van der Waals surface area (Å²) < 4.78 is 11.1. The van der Waals surface area contributed by atoms with Crippen LogP contribution in [0.15, 0.2) is 30.7 Å². The van der Waals surface area contributed by atoms with Crippen LogP contribution in [0, 0.1) is 12.3 Å². The van der Waals surface area contributed by atoms with Crippen molar-refractivity contribution in [2.45, 2.75) is 6.92 Å². The number of hydrogen-bond donors (Lipinski definition) is 1. The Morgan fingerprint density at radius 1 is 1.32 bits per heavy atom. The molecule has 0 aliphatic rings. The SMILES string of the molecule is C#CCOc1cc(OCC)ccc1-c1nc2cncnc2[nH]1. The molecular formula is C16H14N4O2. The molecule has 0 spiro atoms. The van der Waals surface area contributed by atoms with Gasteiger partial charge in [0.05, 0.1) is 18.4 Å². The number of ether oxygens (including phenoxy) is 2. The lowest BCUT2D eigenvalue weighted by Gasteiger charge is -2.10. The minimum absolute atomic E-state index is 0.169. The van der Waals surface area contributed by atoms with Crippen molar-refractivity contribution in [3.05, 3.63) is 30.7 Å². The number of H-pyrrole nitrogens is 1. The number of terminal acetylenes is 1. The molecule has 0 aliphatic heterocycles. The highest BCUT2D eigenvalue weighted by atomic mass is 16.5. The molecule has 2 heterocycles. The van der Waals surface area contributed by atoms with Gasteiger partial charge in [-0.15, -0.1) is 6.42 Å². The molecule has 0 fully saturated rings. The molecule has 0 saturated heterocycles. The smallest absolute Gasteiger partial charge is 0.161 e. The monoisotopic (exact) mass is 294 g/mol. The van der Waals surface area contributed by atoms with Crippen molar-refractivity contribution in [3.63, 3.8) is 0 Å². The molecule has 0 unspecified atom stereocenters. The average molecular weight is 294 g/mol. The molecule has 1 aromatic carbocycles. The van der Waals surface area contributed by atoms with Gasteiger partial charge in [-0.1, -0.05) is 5.92 Å². The number of rotatable bonds is 5. The highest BCUT2D eigenvalue weighted by molar-refractivity contribution is 5.77. The van der Waals surface area contributed by atoms with Gasteiger partial charge in [0.15, 0.2) is 5.65 Å². The van der Waals surface area contributed by atoms with Crippen LogP contribution >= 0.6 is 0 Å². The standard InChI is InChI=1S/C16H14N4O2/c1-3-7-22-14-8-11(21-4-2)5-6-12(14)15-19-13-9-17-10-18-16(13)20-15/h1,5-6,8-10H,4,7H2,2H3,(H,17,18,19,20). The van der Waals surface area contributed by atoms with Gasteiger partial charge >= 0.3 is 0 Å². The third kappa shape index (κ3) is 2.69. The van der Waals surface area contributed by atoms with Crippen molar-refractivity contribution >= 4 is 11.2 Å². The molecular weight excluding hydrogens is 280 g/mol. The topological polar surface area (TPSA) is 72.9 Å². The van der Waals surface area contributed by atoms with E-state index < -0.39 is 0 Å². The number of imidazole rings is 1. The van der Waals surface area contributed by atoms with Crippen LogP contribution in [-0.2, 0) is 0 Å². The Hall–Kier alpha value is -3.07. The molecule has 6 heteroatoms. The molecule has 0 atom stereocenters. The third-order valence-corrected chi connectivity index (χ3v) is 2.99.